The fourth-order valence-corrected chi connectivity index (χ4v) is 1.18. The van der Waals surface area contributed by atoms with Gasteiger partial charge in [-0.1, -0.05) is 24.8 Å². The van der Waals surface area contributed by atoms with Gasteiger partial charge in [0.2, 0.25) is 0 Å². The summed E-state index contributed by atoms with van der Waals surface area (Å²) in [5, 5.41) is 0. The summed E-state index contributed by atoms with van der Waals surface area (Å²) < 4.78 is 5.61. The summed E-state index contributed by atoms with van der Waals surface area (Å²) in [5.74, 6) is 0.859. The second kappa shape index (κ2) is 4.13. The second-order valence-corrected chi connectivity index (χ2v) is 3.20. The highest BCUT2D eigenvalue weighted by Crippen LogP contribution is 2.23. The lowest BCUT2D eigenvalue weighted by Crippen LogP contribution is -2.06. The quantitative estimate of drug-likeness (QED) is 0.685. The molecule has 0 aromatic heterocycles. The minimum Gasteiger partial charge on any atom is -0.490 e. The Bertz CT molecular complexity index is 300. The molecule has 0 saturated carbocycles. The molecule has 1 nitrogen and oxygen atoms in total. The van der Waals surface area contributed by atoms with E-state index >= 15 is 0 Å². The molecule has 0 atom stereocenters. The molecular weight excluding hydrogens is 160 g/mol. The number of hydrogen-bond donors (Lipinski definition) is 0. The van der Waals surface area contributed by atoms with E-state index in [0.29, 0.717) is 0 Å². The highest BCUT2D eigenvalue weighted by Gasteiger charge is 2.04. The van der Waals surface area contributed by atoms with Crippen LogP contribution in [0.5, 0.6) is 5.75 Å². The summed E-state index contributed by atoms with van der Waals surface area (Å²) in [6, 6.07) is 5.82. The standard InChI is InChI=1S/C12H15O/c1-5-11-10(4)7-6-8-12(11)13-9(2)3/h5-9H,1,4H2,2-3H3. The van der Waals surface area contributed by atoms with Crippen LogP contribution in [0.3, 0.4) is 0 Å². The Morgan fingerprint density at radius 1 is 1.38 bits per heavy atom. The van der Waals surface area contributed by atoms with Crippen LogP contribution in [0.15, 0.2) is 24.8 Å². The van der Waals surface area contributed by atoms with Crippen LogP contribution in [-0.2, 0) is 0 Å². The van der Waals surface area contributed by atoms with Crippen molar-refractivity contribution in [1.82, 2.24) is 0 Å². The van der Waals surface area contributed by atoms with Gasteiger partial charge in [0.15, 0.2) is 0 Å². The third-order valence-corrected chi connectivity index (χ3v) is 1.72. The maximum atomic E-state index is 5.61. The van der Waals surface area contributed by atoms with Gasteiger partial charge in [0.05, 0.1) is 6.10 Å². The van der Waals surface area contributed by atoms with E-state index < -0.39 is 0 Å². The van der Waals surface area contributed by atoms with Crippen LogP contribution >= 0.6 is 0 Å². The van der Waals surface area contributed by atoms with Crippen LogP contribution in [0.1, 0.15) is 25.0 Å². The summed E-state index contributed by atoms with van der Waals surface area (Å²) in [6.45, 7) is 11.7. The molecule has 0 spiro atoms. The van der Waals surface area contributed by atoms with E-state index in [9.17, 15) is 0 Å². The normalized spacial score (nSPS) is 10.2. The van der Waals surface area contributed by atoms with Gasteiger partial charge in [-0.25, -0.2) is 0 Å². The molecule has 0 aliphatic carbocycles. The molecule has 0 aliphatic rings. The molecule has 0 saturated heterocycles. The highest BCUT2D eigenvalue weighted by molar-refractivity contribution is 5.60. The third-order valence-electron chi connectivity index (χ3n) is 1.72. The average molecular weight is 175 g/mol. The SMILES string of the molecule is [CH2]c1cccc(OC(C)C)c1C=C. The molecule has 69 valence electrons. The van der Waals surface area contributed by atoms with Crippen molar-refractivity contribution in [1.29, 1.82) is 0 Å². The molecule has 0 aliphatic heterocycles. The van der Waals surface area contributed by atoms with E-state index in [1.807, 2.05) is 32.0 Å². The van der Waals surface area contributed by atoms with Crippen molar-refractivity contribution >= 4 is 6.08 Å². The lowest BCUT2D eigenvalue weighted by molar-refractivity contribution is 0.242. The number of benzene rings is 1. The van der Waals surface area contributed by atoms with E-state index in [-0.39, 0.29) is 6.10 Å². The minimum absolute atomic E-state index is 0.181. The van der Waals surface area contributed by atoms with Crippen molar-refractivity contribution in [3.8, 4) is 5.75 Å². The van der Waals surface area contributed by atoms with Gasteiger partial charge in [-0.2, -0.15) is 0 Å². The predicted octanol–water partition coefficient (Wildman–Crippen LogP) is 3.30. The maximum Gasteiger partial charge on any atom is 0.127 e. The molecule has 0 fully saturated rings. The van der Waals surface area contributed by atoms with Crippen molar-refractivity contribution in [3.63, 3.8) is 0 Å². The fourth-order valence-electron chi connectivity index (χ4n) is 1.18. The summed E-state index contributed by atoms with van der Waals surface area (Å²) in [6.07, 6.45) is 1.96. The van der Waals surface area contributed by atoms with Gasteiger partial charge in [-0.15, -0.1) is 0 Å². The van der Waals surface area contributed by atoms with Crippen molar-refractivity contribution in [2.75, 3.05) is 0 Å². The monoisotopic (exact) mass is 175 g/mol. The summed E-state index contributed by atoms with van der Waals surface area (Å²) in [4.78, 5) is 0. The largest absolute Gasteiger partial charge is 0.490 e. The van der Waals surface area contributed by atoms with Crippen molar-refractivity contribution in [2.45, 2.75) is 20.0 Å². The molecule has 0 N–H and O–H groups in total. The van der Waals surface area contributed by atoms with E-state index in [4.69, 9.17) is 4.74 Å². The molecular formula is C12H15O. The van der Waals surface area contributed by atoms with Crippen molar-refractivity contribution in [3.05, 3.63) is 42.8 Å². The summed E-state index contributed by atoms with van der Waals surface area (Å²) in [7, 11) is 0. The zero-order chi connectivity index (χ0) is 9.84. The van der Waals surface area contributed by atoms with Gasteiger partial charge in [-0.05, 0) is 32.4 Å². The Labute approximate surface area is 80.0 Å². The van der Waals surface area contributed by atoms with E-state index in [0.717, 1.165) is 16.9 Å². The van der Waals surface area contributed by atoms with Crippen LogP contribution in [-0.4, -0.2) is 6.10 Å². The Balaban J connectivity index is 3.05. The lowest BCUT2D eigenvalue weighted by Gasteiger charge is -2.13. The molecule has 1 heteroatoms. The lowest BCUT2D eigenvalue weighted by atomic mass is 10.1. The van der Waals surface area contributed by atoms with E-state index in [1.54, 1.807) is 6.08 Å². The van der Waals surface area contributed by atoms with E-state index in [2.05, 4.69) is 13.5 Å². The average Bonchev–Trinajstić information content (AvgIpc) is 2.03. The predicted molar refractivity (Wildman–Crippen MR) is 56.8 cm³/mol. The van der Waals surface area contributed by atoms with Crippen LogP contribution in [0.25, 0.3) is 6.08 Å². The Kier molecular flexibility index (Phi) is 3.13. The van der Waals surface area contributed by atoms with Crippen LogP contribution in [0.4, 0.5) is 0 Å². The Morgan fingerprint density at radius 3 is 2.62 bits per heavy atom. The van der Waals surface area contributed by atoms with Gasteiger partial charge < -0.3 is 4.74 Å². The topological polar surface area (TPSA) is 9.23 Å². The highest BCUT2D eigenvalue weighted by atomic mass is 16.5. The van der Waals surface area contributed by atoms with Gasteiger partial charge in [0.1, 0.15) is 5.75 Å². The zero-order valence-electron chi connectivity index (χ0n) is 8.21. The second-order valence-electron chi connectivity index (χ2n) is 3.20. The van der Waals surface area contributed by atoms with Gasteiger partial charge in [0, 0.05) is 5.56 Å². The molecule has 1 rings (SSSR count). The molecule has 0 heterocycles. The summed E-state index contributed by atoms with van der Waals surface area (Å²) >= 11 is 0. The first-order chi connectivity index (χ1) is 6.15. The van der Waals surface area contributed by atoms with Crippen LogP contribution in [0.2, 0.25) is 0 Å². The first kappa shape index (κ1) is 9.85. The molecule has 0 bridgehead atoms. The molecule has 1 radical (unpaired) electrons. The van der Waals surface area contributed by atoms with Crippen LogP contribution < -0.4 is 4.74 Å². The molecule has 0 unspecified atom stereocenters. The number of rotatable bonds is 3. The number of hydrogen-bond acceptors (Lipinski definition) is 1. The third kappa shape index (κ3) is 2.35. The Hall–Kier alpha value is -1.24. The van der Waals surface area contributed by atoms with Gasteiger partial charge >= 0.3 is 0 Å². The molecule has 0 amide bonds. The maximum absolute atomic E-state index is 5.61. The van der Waals surface area contributed by atoms with Crippen LogP contribution in [0, 0.1) is 6.92 Å². The molecule has 1 aromatic rings. The smallest absolute Gasteiger partial charge is 0.127 e. The molecule has 13 heavy (non-hydrogen) atoms. The first-order valence-corrected chi connectivity index (χ1v) is 4.39. The van der Waals surface area contributed by atoms with Crippen molar-refractivity contribution < 1.29 is 4.74 Å². The fraction of sp³-hybridized carbons (Fsp3) is 0.250. The summed E-state index contributed by atoms with van der Waals surface area (Å²) in [5.41, 5.74) is 1.93. The van der Waals surface area contributed by atoms with Crippen molar-refractivity contribution in [2.24, 2.45) is 0 Å². The van der Waals surface area contributed by atoms with Gasteiger partial charge in [-0.3, -0.25) is 0 Å². The minimum atomic E-state index is 0.181. The first-order valence-electron chi connectivity index (χ1n) is 4.39. The molecule has 1 aromatic carbocycles. The Morgan fingerprint density at radius 2 is 2.08 bits per heavy atom. The van der Waals surface area contributed by atoms with Gasteiger partial charge in [0.25, 0.3) is 0 Å². The zero-order valence-corrected chi connectivity index (χ0v) is 8.21. The van der Waals surface area contributed by atoms with E-state index in [1.165, 1.54) is 0 Å². The number of ether oxygens (including phenoxy) is 1.